The number of hydrogen-bond donors (Lipinski definition) is 1. The van der Waals surface area contributed by atoms with E-state index in [0.717, 1.165) is 6.42 Å². The van der Waals surface area contributed by atoms with Crippen LogP contribution in [0.5, 0.6) is 0 Å². The Morgan fingerprint density at radius 2 is 2.08 bits per heavy atom. The highest BCUT2D eigenvalue weighted by atomic mass is 35.5. The van der Waals surface area contributed by atoms with Crippen molar-refractivity contribution in [2.75, 3.05) is 12.4 Å². The Labute approximate surface area is 85.3 Å². The molecule has 0 saturated carbocycles. The number of carbonyl (C=O) groups excluding carboxylic acids is 1. The van der Waals surface area contributed by atoms with Crippen LogP contribution in [0.2, 0.25) is 0 Å². The molecule has 0 aromatic carbocycles. The van der Waals surface area contributed by atoms with Crippen LogP contribution in [0.3, 0.4) is 0 Å². The number of rotatable bonds is 5. The molecule has 1 amide bonds. The second-order valence-electron chi connectivity index (χ2n) is 3.57. The molecule has 3 heteroatoms. The number of amides is 1. The van der Waals surface area contributed by atoms with Crippen molar-refractivity contribution >= 4 is 17.5 Å². The van der Waals surface area contributed by atoms with E-state index >= 15 is 0 Å². The molecule has 0 unspecified atom stereocenters. The van der Waals surface area contributed by atoms with Gasteiger partial charge in [0, 0.05) is 17.8 Å². The molecule has 2 nitrogen and oxygen atoms in total. The fraction of sp³-hybridized carbons (Fsp3) is 0.700. The van der Waals surface area contributed by atoms with Gasteiger partial charge in [-0.2, -0.15) is 0 Å². The monoisotopic (exact) mass is 203 g/mol. The number of allylic oxidation sites excluding steroid dienone is 1. The van der Waals surface area contributed by atoms with Crippen LogP contribution in [0.15, 0.2) is 12.2 Å². The van der Waals surface area contributed by atoms with Crippen LogP contribution in [0.4, 0.5) is 0 Å². The van der Waals surface area contributed by atoms with Crippen LogP contribution in [-0.4, -0.2) is 18.3 Å². The topological polar surface area (TPSA) is 29.1 Å². The summed E-state index contributed by atoms with van der Waals surface area (Å²) >= 11 is 5.43. The highest BCUT2D eigenvalue weighted by Crippen LogP contribution is 2.18. The van der Waals surface area contributed by atoms with Gasteiger partial charge in [0.05, 0.1) is 0 Å². The zero-order valence-electron chi connectivity index (χ0n) is 8.56. The average Bonchev–Trinajstić information content (AvgIpc) is 2.12. The van der Waals surface area contributed by atoms with Gasteiger partial charge in [-0.05, 0) is 6.42 Å². The first-order valence-corrected chi connectivity index (χ1v) is 5.07. The maximum absolute atomic E-state index is 11.5. The summed E-state index contributed by atoms with van der Waals surface area (Å²) < 4.78 is 0. The summed E-state index contributed by atoms with van der Waals surface area (Å²) in [5.74, 6) is 0.585. The minimum Gasteiger partial charge on any atom is -0.352 e. The summed E-state index contributed by atoms with van der Waals surface area (Å²) in [5, 5.41) is 2.82. The van der Waals surface area contributed by atoms with Crippen molar-refractivity contribution in [2.24, 2.45) is 5.41 Å². The maximum Gasteiger partial charge on any atom is 0.225 e. The highest BCUT2D eigenvalue weighted by Gasteiger charge is 2.24. The molecule has 0 saturated heterocycles. The second kappa shape index (κ2) is 6.03. The SMILES string of the molecule is CCC(C)(C)C(=O)NC/C=C/CCl. The first-order chi connectivity index (χ1) is 6.04. The molecule has 0 rings (SSSR count). The molecule has 76 valence electrons. The van der Waals surface area contributed by atoms with Crippen molar-refractivity contribution in [3.05, 3.63) is 12.2 Å². The third-order valence-corrected chi connectivity index (χ3v) is 2.31. The van der Waals surface area contributed by atoms with Gasteiger partial charge in [0.1, 0.15) is 0 Å². The van der Waals surface area contributed by atoms with Crippen LogP contribution in [-0.2, 0) is 4.79 Å². The lowest BCUT2D eigenvalue weighted by Gasteiger charge is -2.20. The molecular formula is C10H18ClNO. The van der Waals surface area contributed by atoms with E-state index in [2.05, 4.69) is 5.32 Å². The molecule has 0 heterocycles. The van der Waals surface area contributed by atoms with Crippen LogP contribution >= 0.6 is 11.6 Å². The van der Waals surface area contributed by atoms with E-state index in [1.165, 1.54) is 0 Å². The highest BCUT2D eigenvalue weighted by molar-refractivity contribution is 6.18. The van der Waals surface area contributed by atoms with E-state index in [-0.39, 0.29) is 11.3 Å². The Morgan fingerprint density at radius 3 is 2.54 bits per heavy atom. The van der Waals surface area contributed by atoms with Crippen molar-refractivity contribution < 1.29 is 4.79 Å². The summed E-state index contributed by atoms with van der Waals surface area (Å²) in [4.78, 5) is 11.5. The van der Waals surface area contributed by atoms with E-state index in [1.54, 1.807) is 0 Å². The molecule has 0 aliphatic heterocycles. The van der Waals surface area contributed by atoms with Gasteiger partial charge >= 0.3 is 0 Å². The van der Waals surface area contributed by atoms with E-state index in [1.807, 2.05) is 32.9 Å². The quantitative estimate of drug-likeness (QED) is 0.540. The fourth-order valence-electron chi connectivity index (χ4n) is 0.698. The van der Waals surface area contributed by atoms with Gasteiger partial charge in [-0.1, -0.05) is 32.9 Å². The minimum atomic E-state index is -0.269. The number of halogens is 1. The smallest absolute Gasteiger partial charge is 0.225 e. The number of nitrogens with one attached hydrogen (secondary N) is 1. The van der Waals surface area contributed by atoms with Crippen LogP contribution in [0, 0.1) is 5.41 Å². The Hall–Kier alpha value is -0.500. The lowest BCUT2D eigenvalue weighted by atomic mass is 9.89. The minimum absolute atomic E-state index is 0.0919. The molecule has 0 radical (unpaired) electrons. The maximum atomic E-state index is 11.5. The van der Waals surface area contributed by atoms with Gasteiger partial charge in [-0.15, -0.1) is 11.6 Å². The lowest BCUT2D eigenvalue weighted by Crippen LogP contribution is -2.36. The standard InChI is InChI=1S/C10H18ClNO/c1-4-10(2,3)9(13)12-8-6-5-7-11/h5-6H,4,7-8H2,1-3H3,(H,12,13)/b6-5+. The predicted octanol–water partition coefficient (Wildman–Crippen LogP) is 2.33. The molecular weight excluding hydrogens is 186 g/mol. The second-order valence-corrected chi connectivity index (χ2v) is 3.88. The zero-order valence-corrected chi connectivity index (χ0v) is 9.32. The first kappa shape index (κ1) is 12.5. The lowest BCUT2D eigenvalue weighted by molar-refractivity contribution is -0.129. The van der Waals surface area contributed by atoms with Gasteiger partial charge in [-0.3, -0.25) is 4.79 Å². The molecule has 0 atom stereocenters. The average molecular weight is 204 g/mol. The Balaban J connectivity index is 3.81. The Bertz CT molecular complexity index is 187. The molecule has 1 N–H and O–H groups in total. The summed E-state index contributed by atoms with van der Waals surface area (Å²) in [6.45, 7) is 6.45. The number of alkyl halides is 1. The van der Waals surface area contributed by atoms with E-state index in [0.29, 0.717) is 12.4 Å². The van der Waals surface area contributed by atoms with Crippen molar-refractivity contribution in [3.63, 3.8) is 0 Å². The van der Waals surface area contributed by atoms with Crippen molar-refractivity contribution in [1.29, 1.82) is 0 Å². The van der Waals surface area contributed by atoms with E-state index in [4.69, 9.17) is 11.6 Å². The van der Waals surface area contributed by atoms with Gasteiger partial charge in [0.25, 0.3) is 0 Å². The predicted molar refractivity (Wildman–Crippen MR) is 56.9 cm³/mol. The summed E-state index contributed by atoms with van der Waals surface area (Å²) in [6.07, 6.45) is 4.52. The van der Waals surface area contributed by atoms with Gasteiger partial charge in [-0.25, -0.2) is 0 Å². The molecule has 0 bridgehead atoms. The molecule has 0 aromatic heterocycles. The third-order valence-electron chi connectivity index (χ3n) is 2.13. The van der Waals surface area contributed by atoms with Crippen LogP contribution in [0.1, 0.15) is 27.2 Å². The molecule has 0 aliphatic carbocycles. The Kier molecular flexibility index (Phi) is 5.80. The zero-order chi connectivity index (χ0) is 10.3. The molecule has 0 aliphatic rings. The summed E-state index contributed by atoms with van der Waals surface area (Å²) in [7, 11) is 0. The van der Waals surface area contributed by atoms with Crippen LogP contribution in [0.25, 0.3) is 0 Å². The molecule has 13 heavy (non-hydrogen) atoms. The van der Waals surface area contributed by atoms with E-state index < -0.39 is 0 Å². The largest absolute Gasteiger partial charge is 0.352 e. The molecule has 0 aromatic rings. The van der Waals surface area contributed by atoms with Crippen molar-refractivity contribution in [2.45, 2.75) is 27.2 Å². The van der Waals surface area contributed by atoms with Crippen LogP contribution < -0.4 is 5.32 Å². The van der Waals surface area contributed by atoms with E-state index in [9.17, 15) is 4.79 Å². The van der Waals surface area contributed by atoms with Gasteiger partial charge in [0.15, 0.2) is 0 Å². The summed E-state index contributed by atoms with van der Waals surface area (Å²) in [5.41, 5.74) is -0.269. The summed E-state index contributed by atoms with van der Waals surface area (Å²) in [6, 6.07) is 0. The molecule has 0 spiro atoms. The third kappa shape index (κ3) is 4.94. The first-order valence-electron chi connectivity index (χ1n) is 4.54. The van der Waals surface area contributed by atoms with Gasteiger partial charge < -0.3 is 5.32 Å². The van der Waals surface area contributed by atoms with Crippen molar-refractivity contribution in [1.82, 2.24) is 5.32 Å². The fourth-order valence-corrected chi connectivity index (χ4v) is 0.824. The van der Waals surface area contributed by atoms with Gasteiger partial charge in [0.2, 0.25) is 5.91 Å². The van der Waals surface area contributed by atoms with Crippen molar-refractivity contribution in [3.8, 4) is 0 Å². The molecule has 0 fully saturated rings. The normalized spacial score (nSPS) is 12.0. The Morgan fingerprint density at radius 1 is 1.46 bits per heavy atom. The number of carbonyl (C=O) groups is 1. The number of hydrogen-bond acceptors (Lipinski definition) is 1.